The minimum atomic E-state index is -3.44. The predicted molar refractivity (Wildman–Crippen MR) is 79.8 cm³/mol. The van der Waals surface area contributed by atoms with Gasteiger partial charge < -0.3 is 5.73 Å². The molecule has 0 saturated heterocycles. The SMILES string of the molecule is CCCCCCCCNS(=O)(=O)c1sc(N)nc1C. The molecule has 0 saturated carbocycles. The van der Waals surface area contributed by atoms with E-state index >= 15 is 0 Å². The summed E-state index contributed by atoms with van der Waals surface area (Å²) in [5.41, 5.74) is 5.98. The number of thiazole rings is 1. The smallest absolute Gasteiger partial charge is 0.252 e. The molecule has 0 spiro atoms. The van der Waals surface area contributed by atoms with E-state index in [1.807, 2.05) is 0 Å². The van der Waals surface area contributed by atoms with Gasteiger partial charge in [0.15, 0.2) is 9.34 Å². The predicted octanol–water partition coefficient (Wildman–Crippen LogP) is 2.67. The third-order valence-corrected chi connectivity index (χ3v) is 5.89. The molecule has 0 aliphatic rings. The Balaban J connectivity index is 2.34. The van der Waals surface area contributed by atoms with Gasteiger partial charge in [-0.3, -0.25) is 0 Å². The molecule has 1 rings (SSSR count). The lowest BCUT2D eigenvalue weighted by molar-refractivity contribution is 0.568. The molecule has 0 unspecified atom stereocenters. The summed E-state index contributed by atoms with van der Waals surface area (Å²) in [6.45, 7) is 4.31. The lowest BCUT2D eigenvalue weighted by Crippen LogP contribution is -2.24. The van der Waals surface area contributed by atoms with Crippen molar-refractivity contribution in [2.45, 2.75) is 56.6 Å². The highest BCUT2D eigenvalue weighted by Crippen LogP contribution is 2.24. The summed E-state index contributed by atoms with van der Waals surface area (Å²) >= 11 is 1.01. The van der Waals surface area contributed by atoms with Crippen LogP contribution < -0.4 is 10.5 Å². The van der Waals surface area contributed by atoms with Crippen LogP contribution in [-0.2, 0) is 10.0 Å². The van der Waals surface area contributed by atoms with Crippen molar-refractivity contribution in [2.75, 3.05) is 12.3 Å². The van der Waals surface area contributed by atoms with E-state index in [-0.39, 0.29) is 9.34 Å². The van der Waals surface area contributed by atoms with E-state index in [9.17, 15) is 8.42 Å². The van der Waals surface area contributed by atoms with E-state index in [2.05, 4.69) is 16.6 Å². The molecule has 5 nitrogen and oxygen atoms in total. The van der Waals surface area contributed by atoms with E-state index in [4.69, 9.17) is 5.73 Å². The Bertz CT molecular complexity index is 483. The van der Waals surface area contributed by atoms with E-state index < -0.39 is 10.0 Å². The zero-order chi connectivity index (χ0) is 14.3. The van der Waals surface area contributed by atoms with Crippen molar-refractivity contribution in [3.8, 4) is 0 Å². The molecule has 0 aliphatic carbocycles. The van der Waals surface area contributed by atoms with Crippen LogP contribution in [0.25, 0.3) is 0 Å². The summed E-state index contributed by atoms with van der Waals surface area (Å²) in [4.78, 5) is 3.93. The molecule has 3 N–H and O–H groups in total. The summed E-state index contributed by atoms with van der Waals surface area (Å²) in [6.07, 6.45) is 6.81. The number of hydrogen-bond acceptors (Lipinski definition) is 5. The maximum absolute atomic E-state index is 12.0. The first kappa shape index (κ1) is 16.4. The molecule has 19 heavy (non-hydrogen) atoms. The highest BCUT2D eigenvalue weighted by Gasteiger charge is 2.20. The Labute approximate surface area is 119 Å². The minimum absolute atomic E-state index is 0.232. The molecule has 1 aromatic rings. The number of unbranched alkanes of at least 4 members (excludes halogenated alkanes) is 5. The zero-order valence-electron chi connectivity index (χ0n) is 11.6. The normalized spacial score (nSPS) is 11.9. The van der Waals surface area contributed by atoms with Crippen molar-refractivity contribution in [1.29, 1.82) is 0 Å². The third-order valence-electron chi connectivity index (χ3n) is 2.84. The van der Waals surface area contributed by atoms with Gasteiger partial charge in [-0.2, -0.15) is 0 Å². The summed E-state index contributed by atoms with van der Waals surface area (Å²) < 4.78 is 26.9. The lowest BCUT2D eigenvalue weighted by atomic mass is 10.1. The van der Waals surface area contributed by atoms with Crippen molar-refractivity contribution in [3.63, 3.8) is 0 Å². The number of anilines is 1. The number of nitrogens with zero attached hydrogens (tertiary/aromatic N) is 1. The standard InChI is InChI=1S/C12H23N3O2S2/c1-3-4-5-6-7-8-9-14-19(16,17)11-10(2)15-12(13)18-11/h14H,3-9H2,1-2H3,(H2,13,15). The van der Waals surface area contributed by atoms with Crippen molar-refractivity contribution in [3.05, 3.63) is 5.69 Å². The topological polar surface area (TPSA) is 85.1 Å². The number of sulfonamides is 1. The summed E-state index contributed by atoms with van der Waals surface area (Å²) in [5, 5.41) is 0.289. The highest BCUT2D eigenvalue weighted by atomic mass is 32.2. The van der Waals surface area contributed by atoms with Gasteiger partial charge >= 0.3 is 0 Å². The van der Waals surface area contributed by atoms with Crippen LogP contribution in [-0.4, -0.2) is 19.9 Å². The third kappa shape index (κ3) is 5.46. The first-order valence-electron chi connectivity index (χ1n) is 6.70. The highest BCUT2D eigenvalue weighted by molar-refractivity contribution is 7.91. The molecule has 0 aliphatic heterocycles. The number of nitrogens with one attached hydrogen (secondary N) is 1. The van der Waals surface area contributed by atoms with Gasteiger partial charge in [-0.1, -0.05) is 50.4 Å². The van der Waals surface area contributed by atoms with Crippen LogP contribution in [0.3, 0.4) is 0 Å². The quantitative estimate of drug-likeness (QED) is 0.687. The number of hydrogen-bond donors (Lipinski definition) is 2. The fraction of sp³-hybridized carbons (Fsp3) is 0.750. The van der Waals surface area contributed by atoms with E-state index in [0.717, 1.165) is 24.2 Å². The molecule has 1 heterocycles. The van der Waals surface area contributed by atoms with Gasteiger partial charge in [0.2, 0.25) is 0 Å². The fourth-order valence-electron chi connectivity index (χ4n) is 1.83. The number of rotatable bonds is 9. The van der Waals surface area contributed by atoms with Crippen molar-refractivity contribution in [2.24, 2.45) is 0 Å². The monoisotopic (exact) mass is 305 g/mol. The maximum atomic E-state index is 12.0. The first-order chi connectivity index (χ1) is 8.97. The molecule has 0 aromatic carbocycles. The van der Waals surface area contributed by atoms with Crippen molar-refractivity contribution >= 4 is 26.5 Å². The number of aryl methyl sites for hydroxylation is 1. The summed E-state index contributed by atoms with van der Waals surface area (Å²) in [6, 6.07) is 0. The Morgan fingerprint density at radius 2 is 1.84 bits per heavy atom. The molecule has 0 atom stereocenters. The second-order valence-corrected chi connectivity index (χ2v) is 7.58. The molecule has 0 bridgehead atoms. The van der Waals surface area contributed by atoms with Crippen LogP contribution in [0.4, 0.5) is 5.13 Å². The average molecular weight is 305 g/mol. The number of aromatic nitrogens is 1. The largest absolute Gasteiger partial charge is 0.375 e. The summed E-state index contributed by atoms with van der Waals surface area (Å²) in [7, 11) is -3.44. The Kier molecular flexibility index (Phi) is 6.74. The van der Waals surface area contributed by atoms with Gasteiger partial charge in [0.25, 0.3) is 10.0 Å². The molecule has 0 radical (unpaired) electrons. The first-order valence-corrected chi connectivity index (χ1v) is 9.00. The molecule has 110 valence electrons. The van der Waals surface area contributed by atoms with Gasteiger partial charge in [0.05, 0.1) is 5.69 Å². The minimum Gasteiger partial charge on any atom is -0.375 e. The van der Waals surface area contributed by atoms with Gasteiger partial charge in [0, 0.05) is 6.54 Å². The Hall–Kier alpha value is -0.660. The van der Waals surface area contributed by atoms with Crippen LogP contribution in [0.1, 0.15) is 51.1 Å². The van der Waals surface area contributed by atoms with Crippen LogP contribution in [0.15, 0.2) is 4.21 Å². The second-order valence-electron chi connectivity index (χ2n) is 4.59. The lowest BCUT2D eigenvalue weighted by Gasteiger charge is -2.05. The number of nitrogens with two attached hydrogens (primary N) is 1. The molecule has 0 fully saturated rings. The van der Waals surface area contributed by atoms with E-state index in [0.29, 0.717) is 12.2 Å². The van der Waals surface area contributed by atoms with Crippen LogP contribution in [0, 0.1) is 6.92 Å². The van der Waals surface area contributed by atoms with Crippen LogP contribution >= 0.6 is 11.3 Å². The van der Waals surface area contributed by atoms with Crippen molar-refractivity contribution in [1.82, 2.24) is 9.71 Å². The second kappa shape index (κ2) is 7.81. The van der Waals surface area contributed by atoms with Crippen molar-refractivity contribution < 1.29 is 8.42 Å². The fourth-order valence-corrected chi connectivity index (χ4v) is 4.25. The maximum Gasteiger partial charge on any atom is 0.252 e. The Morgan fingerprint density at radius 1 is 1.21 bits per heavy atom. The molecule has 0 amide bonds. The van der Waals surface area contributed by atoms with Crippen LogP contribution in [0.2, 0.25) is 0 Å². The average Bonchev–Trinajstić information content (AvgIpc) is 2.68. The zero-order valence-corrected chi connectivity index (χ0v) is 13.2. The van der Waals surface area contributed by atoms with E-state index in [1.54, 1.807) is 6.92 Å². The Morgan fingerprint density at radius 3 is 2.42 bits per heavy atom. The molecular weight excluding hydrogens is 282 g/mol. The van der Waals surface area contributed by atoms with Gasteiger partial charge in [-0.25, -0.2) is 18.1 Å². The molecule has 1 aromatic heterocycles. The number of nitrogen functional groups attached to an aromatic ring is 1. The van der Waals surface area contributed by atoms with Gasteiger partial charge in [-0.05, 0) is 13.3 Å². The van der Waals surface area contributed by atoms with E-state index in [1.165, 1.54) is 25.7 Å². The summed E-state index contributed by atoms with van der Waals surface area (Å²) in [5.74, 6) is 0. The van der Waals surface area contributed by atoms with Gasteiger partial charge in [0.1, 0.15) is 0 Å². The van der Waals surface area contributed by atoms with Crippen LogP contribution in [0.5, 0.6) is 0 Å². The molecule has 7 heteroatoms. The van der Waals surface area contributed by atoms with Gasteiger partial charge in [-0.15, -0.1) is 0 Å². The molecular formula is C12H23N3O2S2.